The number of benzene rings is 2. The molecule has 1 unspecified atom stereocenters. The summed E-state index contributed by atoms with van der Waals surface area (Å²) in [5, 5.41) is 3.53. The van der Waals surface area contributed by atoms with Crippen LogP contribution in [0.15, 0.2) is 46.9 Å². The lowest BCUT2D eigenvalue weighted by molar-refractivity contribution is 0.404. The Labute approximate surface area is 129 Å². The van der Waals surface area contributed by atoms with Crippen LogP contribution in [-0.4, -0.2) is 13.7 Å². The van der Waals surface area contributed by atoms with E-state index >= 15 is 0 Å². The van der Waals surface area contributed by atoms with Gasteiger partial charge in [0.1, 0.15) is 5.75 Å². The average Bonchev–Trinajstić information content (AvgIpc) is 2.46. The van der Waals surface area contributed by atoms with Gasteiger partial charge in [0, 0.05) is 10.0 Å². The molecule has 0 saturated heterocycles. The molecule has 0 amide bonds. The van der Waals surface area contributed by atoms with E-state index in [1.165, 1.54) is 11.1 Å². The number of methoxy groups -OCH3 is 1. The van der Waals surface area contributed by atoms with Crippen molar-refractivity contribution >= 4 is 15.9 Å². The van der Waals surface area contributed by atoms with Crippen LogP contribution in [0.5, 0.6) is 5.75 Å². The van der Waals surface area contributed by atoms with Crippen LogP contribution >= 0.6 is 15.9 Å². The summed E-state index contributed by atoms with van der Waals surface area (Å²) in [6.45, 7) is 5.12. The van der Waals surface area contributed by atoms with E-state index < -0.39 is 0 Å². The highest BCUT2D eigenvalue weighted by atomic mass is 79.9. The number of ether oxygens (including phenoxy) is 1. The van der Waals surface area contributed by atoms with Gasteiger partial charge in [0.15, 0.2) is 0 Å². The highest BCUT2D eigenvalue weighted by molar-refractivity contribution is 9.10. The van der Waals surface area contributed by atoms with Crippen molar-refractivity contribution in [2.75, 3.05) is 13.7 Å². The predicted octanol–water partition coefficient (Wildman–Crippen LogP) is 4.47. The van der Waals surface area contributed by atoms with E-state index in [2.05, 4.69) is 71.5 Å². The second-order valence-electron chi connectivity index (χ2n) is 4.79. The SMILES string of the molecule is CCNC(c1ccc(C)cc1)c1ccc(Br)cc1OC. The summed E-state index contributed by atoms with van der Waals surface area (Å²) in [7, 11) is 1.71. The number of halogens is 1. The van der Waals surface area contributed by atoms with Crippen LogP contribution in [0.4, 0.5) is 0 Å². The van der Waals surface area contributed by atoms with Crippen molar-refractivity contribution in [3.63, 3.8) is 0 Å². The first-order chi connectivity index (χ1) is 9.65. The molecule has 0 spiro atoms. The molecule has 0 aliphatic heterocycles. The summed E-state index contributed by atoms with van der Waals surface area (Å²) < 4.78 is 6.55. The number of nitrogens with one attached hydrogen (secondary N) is 1. The van der Waals surface area contributed by atoms with Crippen LogP contribution in [0.2, 0.25) is 0 Å². The first-order valence-corrected chi connectivity index (χ1v) is 7.58. The topological polar surface area (TPSA) is 21.3 Å². The quantitative estimate of drug-likeness (QED) is 0.871. The van der Waals surface area contributed by atoms with Gasteiger partial charge in [-0.15, -0.1) is 0 Å². The summed E-state index contributed by atoms with van der Waals surface area (Å²) in [5.41, 5.74) is 3.67. The van der Waals surface area contributed by atoms with Gasteiger partial charge in [0.25, 0.3) is 0 Å². The van der Waals surface area contributed by atoms with Crippen LogP contribution < -0.4 is 10.1 Å². The van der Waals surface area contributed by atoms with E-state index in [1.54, 1.807) is 7.11 Å². The molecule has 0 bridgehead atoms. The Morgan fingerprint density at radius 3 is 2.45 bits per heavy atom. The lowest BCUT2D eigenvalue weighted by atomic mass is 9.97. The van der Waals surface area contributed by atoms with Crippen LogP contribution in [0.1, 0.15) is 29.7 Å². The molecule has 2 aromatic carbocycles. The minimum Gasteiger partial charge on any atom is -0.496 e. The predicted molar refractivity (Wildman–Crippen MR) is 87.4 cm³/mol. The van der Waals surface area contributed by atoms with Gasteiger partial charge in [0.2, 0.25) is 0 Å². The fourth-order valence-corrected chi connectivity index (χ4v) is 2.63. The largest absolute Gasteiger partial charge is 0.496 e. The number of aryl methyl sites for hydroxylation is 1. The van der Waals surface area contributed by atoms with Crippen molar-refractivity contribution in [1.29, 1.82) is 0 Å². The third-order valence-corrected chi connectivity index (χ3v) is 3.82. The van der Waals surface area contributed by atoms with Crippen molar-refractivity contribution in [3.05, 3.63) is 63.6 Å². The molecule has 3 heteroatoms. The van der Waals surface area contributed by atoms with Gasteiger partial charge >= 0.3 is 0 Å². The molecular weight excluding hydrogens is 314 g/mol. The van der Waals surface area contributed by atoms with Gasteiger partial charge in [-0.25, -0.2) is 0 Å². The van der Waals surface area contributed by atoms with Crippen LogP contribution in [-0.2, 0) is 0 Å². The molecule has 1 atom stereocenters. The van der Waals surface area contributed by atoms with E-state index in [9.17, 15) is 0 Å². The maximum Gasteiger partial charge on any atom is 0.125 e. The number of rotatable bonds is 5. The van der Waals surface area contributed by atoms with E-state index in [1.807, 2.05) is 6.07 Å². The Morgan fingerprint density at radius 2 is 1.85 bits per heavy atom. The van der Waals surface area contributed by atoms with Crippen molar-refractivity contribution in [2.45, 2.75) is 19.9 Å². The lowest BCUT2D eigenvalue weighted by Gasteiger charge is -2.21. The lowest BCUT2D eigenvalue weighted by Crippen LogP contribution is -2.22. The molecule has 0 aromatic heterocycles. The maximum atomic E-state index is 5.53. The zero-order valence-corrected chi connectivity index (χ0v) is 13.7. The highest BCUT2D eigenvalue weighted by Crippen LogP contribution is 2.32. The molecule has 106 valence electrons. The Kier molecular flexibility index (Phi) is 5.21. The molecule has 0 aliphatic rings. The summed E-state index contributed by atoms with van der Waals surface area (Å²) in [5.74, 6) is 0.894. The summed E-state index contributed by atoms with van der Waals surface area (Å²) >= 11 is 3.49. The smallest absolute Gasteiger partial charge is 0.125 e. The third-order valence-electron chi connectivity index (χ3n) is 3.33. The second kappa shape index (κ2) is 6.91. The van der Waals surface area contributed by atoms with Crippen LogP contribution in [0.25, 0.3) is 0 Å². The molecule has 0 aliphatic carbocycles. The van der Waals surface area contributed by atoms with Gasteiger partial charge in [-0.05, 0) is 31.2 Å². The minimum absolute atomic E-state index is 0.142. The second-order valence-corrected chi connectivity index (χ2v) is 5.70. The molecule has 20 heavy (non-hydrogen) atoms. The first kappa shape index (κ1) is 15.1. The van der Waals surface area contributed by atoms with Crippen molar-refractivity contribution in [1.82, 2.24) is 5.32 Å². The number of hydrogen-bond donors (Lipinski definition) is 1. The summed E-state index contributed by atoms with van der Waals surface area (Å²) in [4.78, 5) is 0. The normalized spacial score (nSPS) is 12.2. The Hall–Kier alpha value is -1.32. The Balaban J connectivity index is 2.45. The minimum atomic E-state index is 0.142. The van der Waals surface area contributed by atoms with Gasteiger partial charge in [-0.2, -0.15) is 0 Å². The molecule has 2 rings (SSSR count). The van der Waals surface area contributed by atoms with Gasteiger partial charge in [0.05, 0.1) is 13.2 Å². The molecule has 2 aromatic rings. The van der Waals surface area contributed by atoms with E-state index in [-0.39, 0.29) is 6.04 Å². The molecule has 0 fully saturated rings. The first-order valence-electron chi connectivity index (χ1n) is 6.79. The van der Waals surface area contributed by atoms with Crippen LogP contribution in [0.3, 0.4) is 0 Å². The van der Waals surface area contributed by atoms with Crippen LogP contribution in [0, 0.1) is 6.92 Å². The standard InChI is InChI=1S/C17H20BrNO/c1-4-19-17(13-7-5-12(2)6-8-13)15-10-9-14(18)11-16(15)20-3/h5-11,17,19H,4H2,1-3H3. The summed E-state index contributed by atoms with van der Waals surface area (Å²) in [6, 6.07) is 14.9. The van der Waals surface area contributed by atoms with Crippen molar-refractivity contribution in [3.8, 4) is 5.75 Å². The fourth-order valence-electron chi connectivity index (χ4n) is 2.29. The Morgan fingerprint density at radius 1 is 1.15 bits per heavy atom. The van der Waals surface area contributed by atoms with E-state index in [0.717, 1.165) is 22.3 Å². The highest BCUT2D eigenvalue weighted by Gasteiger charge is 2.17. The zero-order chi connectivity index (χ0) is 14.5. The van der Waals surface area contributed by atoms with E-state index in [4.69, 9.17) is 4.74 Å². The Bertz CT molecular complexity index is 566. The monoisotopic (exact) mass is 333 g/mol. The molecule has 2 nitrogen and oxygen atoms in total. The number of hydrogen-bond acceptors (Lipinski definition) is 2. The summed E-state index contributed by atoms with van der Waals surface area (Å²) in [6.07, 6.45) is 0. The molecule has 0 saturated carbocycles. The molecular formula is C17H20BrNO. The van der Waals surface area contributed by atoms with Gasteiger partial charge < -0.3 is 10.1 Å². The molecule has 0 heterocycles. The molecule has 0 radical (unpaired) electrons. The van der Waals surface area contributed by atoms with Gasteiger partial charge in [-0.3, -0.25) is 0 Å². The fraction of sp³-hybridized carbons (Fsp3) is 0.294. The van der Waals surface area contributed by atoms with Crippen molar-refractivity contribution in [2.24, 2.45) is 0 Å². The third kappa shape index (κ3) is 3.41. The van der Waals surface area contributed by atoms with Crippen molar-refractivity contribution < 1.29 is 4.74 Å². The maximum absolute atomic E-state index is 5.53. The van der Waals surface area contributed by atoms with E-state index in [0.29, 0.717) is 0 Å². The zero-order valence-electron chi connectivity index (χ0n) is 12.1. The van der Waals surface area contributed by atoms with Gasteiger partial charge in [-0.1, -0.05) is 58.7 Å². The molecule has 1 N–H and O–H groups in total. The average molecular weight is 334 g/mol.